The lowest BCUT2D eigenvalue weighted by Crippen LogP contribution is -2.57. The molecule has 2 saturated heterocycles. The van der Waals surface area contributed by atoms with Crippen molar-refractivity contribution in [3.63, 3.8) is 0 Å². The Balaban J connectivity index is 1.22. The lowest BCUT2D eigenvalue weighted by atomic mass is 10.0. The quantitative estimate of drug-likeness (QED) is 0.367. The van der Waals surface area contributed by atoms with Crippen LogP contribution in [0.4, 0.5) is 11.4 Å². The highest BCUT2D eigenvalue weighted by Crippen LogP contribution is 2.45. The molecule has 210 valence electrons. The normalized spacial score (nSPS) is 32.3. The summed E-state index contributed by atoms with van der Waals surface area (Å²) in [6, 6.07) is -1.35. The molecule has 0 unspecified atom stereocenters. The van der Waals surface area contributed by atoms with E-state index in [2.05, 4.69) is 28.1 Å². The van der Waals surface area contributed by atoms with Gasteiger partial charge in [0, 0.05) is 32.1 Å². The number of carbonyl (C=O) groups excluding carboxylic acids is 3. The molecule has 0 bridgehead atoms. The molecule has 5 aliphatic rings. The number of anilines is 2. The largest absolute Gasteiger partial charge is 0.369 e. The predicted molar refractivity (Wildman–Crippen MR) is 147 cm³/mol. The Kier molecular flexibility index (Phi) is 6.97. The lowest BCUT2D eigenvalue weighted by Gasteiger charge is -2.36. The van der Waals surface area contributed by atoms with Gasteiger partial charge < -0.3 is 25.8 Å². The van der Waals surface area contributed by atoms with Crippen molar-refractivity contribution in [3.8, 4) is 0 Å². The summed E-state index contributed by atoms with van der Waals surface area (Å²) in [5.41, 5.74) is -1.37. The highest BCUT2D eigenvalue weighted by Gasteiger charge is 2.60. The summed E-state index contributed by atoms with van der Waals surface area (Å²) in [6.45, 7) is 2.56. The second-order valence-corrected chi connectivity index (χ2v) is 12.1. The van der Waals surface area contributed by atoms with Crippen LogP contribution in [0.5, 0.6) is 0 Å². The van der Waals surface area contributed by atoms with Gasteiger partial charge in [-0.1, -0.05) is 25.0 Å². The molecule has 3 amide bonds. The van der Waals surface area contributed by atoms with Gasteiger partial charge in [-0.15, -0.1) is 0 Å². The molecule has 39 heavy (non-hydrogen) atoms. The van der Waals surface area contributed by atoms with Gasteiger partial charge in [0.2, 0.25) is 17.7 Å². The zero-order chi connectivity index (χ0) is 27.1. The molecule has 1 aromatic rings. The van der Waals surface area contributed by atoms with Gasteiger partial charge in [0.05, 0.1) is 0 Å². The molecule has 2 aliphatic carbocycles. The molecular weight excluding hydrogens is 498 g/mol. The molecule has 6 rings (SSSR count). The maximum absolute atomic E-state index is 13.9. The summed E-state index contributed by atoms with van der Waals surface area (Å²) in [4.78, 5) is 69.0. The monoisotopic (exact) mass is 537 g/mol. The van der Waals surface area contributed by atoms with E-state index in [1.54, 1.807) is 4.90 Å². The first-order valence-corrected chi connectivity index (χ1v) is 14.8. The third-order valence-corrected chi connectivity index (χ3v) is 9.26. The first kappa shape index (κ1) is 26.1. The van der Waals surface area contributed by atoms with E-state index < -0.39 is 28.5 Å². The summed E-state index contributed by atoms with van der Waals surface area (Å²) >= 11 is 0. The van der Waals surface area contributed by atoms with Crippen molar-refractivity contribution < 1.29 is 14.4 Å². The van der Waals surface area contributed by atoms with Gasteiger partial charge in [0.15, 0.2) is 0 Å². The van der Waals surface area contributed by atoms with Crippen molar-refractivity contribution in [2.24, 2.45) is 11.8 Å². The molecule has 3 aliphatic heterocycles. The number of carbonyl (C=O) groups is 3. The van der Waals surface area contributed by atoms with Crippen LogP contribution in [0, 0.1) is 11.8 Å². The molecule has 0 radical (unpaired) electrons. The maximum atomic E-state index is 13.9. The van der Waals surface area contributed by atoms with Gasteiger partial charge in [0.25, 0.3) is 10.9 Å². The van der Waals surface area contributed by atoms with Crippen LogP contribution in [0.2, 0.25) is 0 Å². The highest BCUT2D eigenvalue weighted by molar-refractivity contribution is 5.98. The number of amides is 3. The first-order valence-electron chi connectivity index (χ1n) is 14.8. The Hall–Kier alpha value is -3.17. The molecule has 0 aromatic heterocycles. The number of nitrogens with zero attached hydrogens (tertiary/aromatic N) is 2. The Morgan fingerprint density at radius 3 is 2.51 bits per heavy atom. The third-order valence-electron chi connectivity index (χ3n) is 9.26. The van der Waals surface area contributed by atoms with E-state index in [9.17, 15) is 24.0 Å². The smallest absolute Gasteiger partial charge is 0.253 e. The molecule has 4 atom stereocenters. The van der Waals surface area contributed by atoms with Crippen LogP contribution < -0.4 is 31.7 Å². The SMILES string of the molecule is O=C1N[C@]2(C(=O)NCC3CC3)C[C@H]2/C=C\CCCCC[C@H](Nc2c(N3CCC3)c(=O)c2=O)C(=O)N2CCC[C@@H]12. The first-order chi connectivity index (χ1) is 18.9. The lowest BCUT2D eigenvalue weighted by molar-refractivity contribution is -0.140. The molecule has 3 heterocycles. The van der Waals surface area contributed by atoms with E-state index in [1.165, 1.54) is 0 Å². The van der Waals surface area contributed by atoms with Gasteiger partial charge in [-0.3, -0.25) is 24.0 Å². The van der Waals surface area contributed by atoms with Gasteiger partial charge >= 0.3 is 0 Å². The van der Waals surface area contributed by atoms with Crippen LogP contribution in [-0.2, 0) is 14.4 Å². The molecular formula is C29H39N5O5. The minimum Gasteiger partial charge on any atom is -0.369 e. The molecule has 1 aromatic carbocycles. The van der Waals surface area contributed by atoms with Crippen LogP contribution in [0.25, 0.3) is 0 Å². The molecule has 10 nitrogen and oxygen atoms in total. The number of nitrogens with one attached hydrogen (secondary N) is 3. The molecule has 4 fully saturated rings. The number of hydrogen-bond acceptors (Lipinski definition) is 7. The standard InChI is InChI=1S/C29H39N5O5/c35-24-22(23(25(24)36)33-13-7-14-33)31-20-9-5-3-1-2-4-8-19-16-29(19,28(39)30-17-18-11-12-18)32-26(37)21-10-6-15-34(21)27(20)38/h4,8,18-21,31H,1-3,5-7,9-17H2,(H,30,39)(H,32,37)/b8-4-/t19-,20+,21+,29-/m1/s1. The van der Waals surface area contributed by atoms with E-state index in [4.69, 9.17) is 0 Å². The average molecular weight is 538 g/mol. The second kappa shape index (κ2) is 10.4. The van der Waals surface area contributed by atoms with Crippen molar-refractivity contribution in [1.82, 2.24) is 15.5 Å². The highest BCUT2D eigenvalue weighted by atomic mass is 16.2. The fourth-order valence-electron chi connectivity index (χ4n) is 6.34. The van der Waals surface area contributed by atoms with E-state index in [-0.39, 0.29) is 29.3 Å². The van der Waals surface area contributed by atoms with Gasteiger partial charge in [-0.25, -0.2) is 0 Å². The van der Waals surface area contributed by atoms with Crippen molar-refractivity contribution in [3.05, 3.63) is 32.6 Å². The number of hydrogen-bond donors (Lipinski definition) is 3. The van der Waals surface area contributed by atoms with Gasteiger partial charge in [-0.2, -0.15) is 0 Å². The summed E-state index contributed by atoms with van der Waals surface area (Å²) in [6.07, 6.45) is 13.2. The summed E-state index contributed by atoms with van der Waals surface area (Å²) in [5, 5.41) is 9.27. The summed E-state index contributed by atoms with van der Waals surface area (Å²) in [7, 11) is 0. The van der Waals surface area contributed by atoms with Crippen molar-refractivity contribution in [2.75, 3.05) is 36.4 Å². The number of allylic oxidation sites excluding steroid dienone is 1. The van der Waals surface area contributed by atoms with E-state index in [0.29, 0.717) is 50.4 Å². The van der Waals surface area contributed by atoms with Crippen molar-refractivity contribution >= 4 is 29.1 Å². The molecule has 0 spiro atoms. The molecule has 3 N–H and O–H groups in total. The molecule has 2 saturated carbocycles. The van der Waals surface area contributed by atoms with Crippen LogP contribution >= 0.6 is 0 Å². The van der Waals surface area contributed by atoms with Crippen molar-refractivity contribution in [1.29, 1.82) is 0 Å². The van der Waals surface area contributed by atoms with Crippen molar-refractivity contribution in [2.45, 2.75) is 88.3 Å². The maximum Gasteiger partial charge on any atom is 0.253 e. The Morgan fingerprint density at radius 2 is 1.77 bits per heavy atom. The minimum absolute atomic E-state index is 0.0419. The third kappa shape index (κ3) is 4.98. The predicted octanol–water partition coefficient (Wildman–Crippen LogP) is 1.19. The van der Waals surface area contributed by atoms with E-state index in [0.717, 1.165) is 58.0 Å². The van der Waals surface area contributed by atoms with Crippen LogP contribution in [0.1, 0.15) is 70.6 Å². The number of rotatable bonds is 6. The summed E-state index contributed by atoms with van der Waals surface area (Å²) < 4.78 is 0. The second-order valence-electron chi connectivity index (χ2n) is 12.1. The summed E-state index contributed by atoms with van der Waals surface area (Å²) in [5.74, 6) is -0.140. The van der Waals surface area contributed by atoms with E-state index >= 15 is 0 Å². The number of fused-ring (bicyclic) bond motifs is 2. The zero-order valence-electron chi connectivity index (χ0n) is 22.5. The Labute approximate surface area is 228 Å². The van der Waals surface area contributed by atoms with Gasteiger partial charge in [0.1, 0.15) is 29.0 Å². The fraction of sp³-hybridized carbons (Fsp3) is 0.690. The molecule has 10 heteroatoms. The van der Waals surface area contributed by atoms with Crippen LogP contribution in [0.3, 0.4) is 0 Å². The minimum atomic E-state index is -0.951. The zero-order valence-corrected chi connectivity index (χ0v) is 22.5. The van der Waals surface area contributed by atoms with Gasteiger partial charge in [-0.05, 0) is 63.7 Å². The Bertz CT molecular complexity index is 1240. The van der Waals surface area contributed by atoms with Crippen LogP contribution in [0.15, 0.2) is 21.7 Å². The average Bonchev–Trinajstić information content (AvgIpc) is 3.81. The van der Waals surface area contributed by atoms with E-state index in [1.807, 2.05) is 4.90 Å². The Morgan fingerprint density at radius 1 is 0.949 bits per heavy atom. The fourth-order valence-corrected chi connectivity index (χ4v) is 6.34. The topological polar surface area (TPSA) is 128 Å². The van der Waals surface area contributed by atoms with Crippen LogP contribution in [-0.4, -0.2) is 66.4 Å².